The van der Waals surface area contributed by atoms with Crippen molar-refractivity contribution in [3.63, 3.8) is 0 Å². The molecule has 0 aromatic rings. The molecule has 4 heteroatoms. The van der Waals surface area contributed by atoms with E-state index in [-0.39, 0.29) is 5.91 Å². The number of nitrogens with zero attached hydrogens (tertiary/aromatic N) is 1. The summed E-state index contributed by atoms with van der Waals surface area (Å²) in [6.45, 7) is 7.41. The molecule has 4 nitrogen and oxygen atoms in total. The lowest BCUT2D eigenvalue weighted by Gasteiger charge is -2.34. The molecule has 18 heavy (non-hydrogen) atoms. The molecule has 1 N–H and O–H groups in total. The maximum absolute atomic E-state index is 12.5. The number of hydrogen-bond donors (Lipinski definition) is 1. The standard InChI is InChI=1S/C14H26N2O2/c1-3-16(11-12-7-4-5-9-15-12)13(17)14(2)8-6-10-18-14/h12,15H,3-11H2,1-2H3. The number of amides is 1. The van der Waals surface area contributed by atoms with Gasteiger partial charge in [-0.3, -0.25) is 4.79 Å². The van der Waals surface area contributed by atoms with Crippen LogP contribution in [0.25, 0.3) is 0 Å². The summed E-state index contributed by atoms with van der Waals surface area (Å²) in [4.78, 5) is 14.5. The third-order valence-electron chi connectivity index (χ3n) is 4.19. The Morgan fingerprint density at radius 2 is 2.28 bits per heavy atom. The molecule has 2 rings (SSSR count). The second kappa shape index (κ2) is 6.02. The van der Waals surface area contributed by atoms with Gasteiger partial charge in [0.05, 0.1) is 0 Å². The van der Waals surface area contributed by atoms with Gasteiger partial charge in [0.25, 0.3) is 5.91 Å². The van der Waals surface area contributed by atoms with E-state index in [0.29, 0.717) is 6.04 Å². The molecule has 2 saturated heterocycles. The van der Waals surface area contributed by atoms with E-state index in [1.165, 1.54) is 19.3 Å². The molecule has 2 aliphatic heterocycles. The molecule has 104 valence electrons. The van der Waals surface area contributed by atoms with Gasteiger partial charge in [0, 0.05) is 25.7 Å². The summed E-state index contributed by atoms with van der Waals surface area (Å²) in [7, 11) is 0. The average molecular weight is 254 g/mol. The van der Waals surface area contributed by atoms with Crippen LogP contribution in [0.15, 0.2) is 0 Å². The molecule has 0 aromatic heterocycles. The van der Waals surface area contributed by atoms with E-state index in [4.69, 9.17) is 4.74 Å². The lowest BCUT2D eigenvalue weighted by molar-refractivity contribution is -0.151. The quantitative estimate of drug-likeness (QED) is 0.827. The summed E-state index contributed by atoms with van der Waals surface area (Å²) in [5.41, 5.74) is -0.565. The summed E-state index contributed by atoms with van der Waals surface area (Å²) >= 11 is 0. The molecule has 0 aliphatic carbocycles. The van der Waals surface area contributed by atoms with E-state index >= 15 is 0 Å². The van der Waals surface area contributed by atoms with Crippen molar-refractivity contribution in [2.45, 2.75) is 57.6 Å². The molecule has 2 unspecified atom stereocenters. The van der Waals surface area contributed by atoms with Gasteiger partial charge in [-0.25, -0.2) is 0 Å². The highest BCUT2D eigenvalue weighted by Crippen LogP contribution is 2.27. The highest BCUT2D eigenvalue weighted by molar-refractivity contribution is 5.85. The van der Waals surface area contributed by atoms with Crippen LogP contribution in [-0.2, 0) is 9.53 Å². The van der Waals surface area contributed by atoms with Gasteiger partial charge >= 0.3 is 0 Å². The van der Waals surface area contributed by atoms with Crippen molar-refractivity contribution in [1.82, 2.24) is 10.2 Å². The molecule has 2 fully saturated rings. The fraction of sp³-hybridized carbons (Fsp3) is 0.929. The first-order valence-electron chi connectivity index (χ1n) is 7.32. The molecule has 0 bridgehead atoms. The Balaban J connectivity index is 1.92. The van der Waals surface area contributed by atoms with Crippen LogP contribution in [0.4, 0.5) is 0 Å². The first-order valence-corrected chi connectivity index (χ1v) is 7.32. The number of carbonyl (C=O) groups excluding carboxylic acids is 1. The van der Waals surface area contributed by atoms with Crippen LogP contribution in [-0.4, -0.2) is 48.7 Å². The number of piperidine rings is 1. The summed E-state index contributed by atoms with van der Waals surface area (Å²) in [6, 6.07) is 0.465. The van der Waals surface area contributed by atoms with Crippen LogP contribution in [0, 0.1) is 0 Å². The van der Waals surface area contributed by atoms with Crippen LogP contribution < -0.4 is 5.32 Å². The molecule has 1 amide bonds. The van der Waals surface area contributed by atoms with E-state index in [2.05, 4.69) is 12.2 Å². The van der Waals surface area contributed by atoms with Gasteiger partial charge in [-0.2, -0.15) is 0 Å². The third kappa shape index (κ3) is 3.04. The Hall–Kier alpha value is -0.610. The smallest absolute Gasteiger partial charge is 0.254 e. The third-order valence-corrected chi connectivity index (χ3v) is 4.19. The van der Waals surface area contributed by atoms with Crippen molar-refractivity contribution in [1.29, 1.82) is 0 Å². The number of hydrogen-bond acceptors (Lipinski definition) is 3. The number of ether oxygens (including phenoxy) is 1. The molecule has 2 heterocycles. The molecular formula is C14H26N2O2. The lowest BCUT2D eigenvalue weighted by Crippen LogP contribution is -2.52. The van der Waals surface area contributed by atoms with Crippen molar-refractivity contribution < 1.29 is 9.53 Å². The van der Waals surface area contributed by atoms with Gasteiger partial charge in [-0.05, 0) is 46.1 Å². The van der Waals surface area contributed by atoms with Gasteiger partial charge in [-0.15, -0.1) is 0 Å². The Morgan fingerprint density at radius 3 is 2.83 bits per heavy atom. The lowest BCUT2D eigenvalue weighted by atomic mass is 9.99. The van der Waals surface area contributed by atoms with Crippen molar-refractivity contribution in [2.75, 3.05) is 26.2 Å². The fourth-order valence-corrected chi connectivity index (χ4v) is 2.98. The van der Waals surface area contributed by atoms with Crippen LogP contribution in [0.3, 0.4) is 0 Å². The van der Waals surface area contributed by atoms with Gasteiger partial charge in [0.1, 0.15) is 5.60 Å². The molecule has 0 aromatic carbocycles. The predicted octanol–water partition coefficient (Wildman–Crippen LogP) is 1.55. The minimum absolute atomic E-state index is 0.176. The molecule has 0 saturated carbocycles. The predicted molar refractivity (Wildman–Crippen MR) is 71.5 cm³/mol. The van der Waals surface area contributed by atoms with Crippen molar-refractivity contribution in [3.05, 3.63) is 0 Å². The maximum atomic E-state index is 12.5. The Labute approximate surface area is 110 Å². The molecule has 2 atom stereocenters. The van der Waals surface area contributed by atoms with E-state index in [9.17, 15) is 4.79 Å². The highest BCUT2D eigenvalue weighted by Gasteiger charge is 2.40. The highest BCUT2D eigenvalue weighted by atomic mass is 16.5. The number of nitrogens with one attached hydrogen (secondary N) is 1. The second-order valence-corrected chi connectivity index (χ2v) is 5.67. The summed E-state index contributed by atoms with van der Waals surface area (Å²) in [6.07, 6.45) is 5.58. The zero-order valence-electron chi connectivity index (χ0n) is 11.7. The Bertz CT molecular complexity index is 282. The zero-order valence-corrected chi connectivity index (χ0v) is 11.7. The van der Waals surface area contributed by atoms with Gasteiger partial charge < -0.3 is 15.0 Å². The minimum atomic E-state index is -0.565. The van der Waals surface area contributed by atoms with Crippen LogP contribution in [0.1, 0.15) is 46.0 Å². The van der Waals surface area contributed by atoms with Crippen molar-refractivity contribution >= 4 is 5.91 Å². The largest absolute Gasteiger partial charge is 0.365 e. The SMILES string of the molecule is CCN(CC1CCCCN1)C(=O)C1(C)CCCO1. The molecule has 0 radical (unpaired) electrons. The van der Waals surface area contributed by atoms with E-state index < -0.39 is 5.60 Å². The monoisotopic (exact) mass is 254 g/mol. The average Bonchev–Trinajstić information content (AvgIpc) is 2.84. The van der Waals surface area contributed by atoms with Crippen molar-refractivity contribution in [3.8, 4) is 0 Å². The summed E-state index contributed by atoms with van der Waals surface area (Å²) in [5.74, 6) is 0.176. The fourth-order valence-electron chi connectivity index (χ4n) is 2.98. The number of carbonyl (C=O) groups is 1. The van der Waals surface area contributed by atoms with Crippen LogP contribution >= 0.6 is 0 Å². The van der Waals surface area contributed by atoms with Crippen LogP contribution in [0.5, 0.6) is 0 Å². The Morgan fingerprint density at radius 1 is 1.44 bits per heavy atom. The minimum Gasteiger partial charge on any atom is -0.365 e. The summed E-state index contributed by atoms with van der Waals surface area (Å²) < 4.78 is 5.66. The Kier molecular flexibility index (Phi) is 4.62. The van der Waals surface area contributed by atoms with Gasteiger partial charge in [0.15, 0.2) is 0 Å². The maximum Gasteiger partial charge on any atom is 0.254 e. The second-order valence-electron chi connectivity index (χ2n) is 5.67. The topological polar surface area (TPSA) is 41.6 Å². The first-order chi connectivity index (χ1) is 8.65. The van der Waals surface area contributed by atoms with E-state index in [1.807, 2.05) is 11.8 Å². The van der Waals surface area contributed by atoms with E-state index in [0.717, 1.165) is 39.1 Å². The normalized spacial score (nSPS) is 32.4. The zero-order chi connectivity index (χ0) is 13.0. The number of rotatable bonds is 4. The molecule has 0 spiro atoms. The molecule has 2 aliphatic rings. The van der Waals surface area contributed by atoms with Crippen LogP contribution in [0.2, 0.25) is 0 Å². The first kappa shape index (κ1) is 13.8. The molecular weight excluding hydrogens is 228 g/mol. The van der Waals surface area contributed by atoms with E-state index in [1.54, 1.807) is 0 Å². The van der Waals surface area contributed by atoms with Crippen molar-refractivity contribution in [2.24, 2.45) is 0 Å². The number of likely N-dealkylation sites (N-methyl/N-ethyl adjacent to an activating group) is 1. The van der Waals surface area contributed by atoms with Gasteiger partial charge in [-0.1, -0.05) is 6.42 Å². The summed E-state index contributed by atoms with van der Waals surface area (Å²) in [5, 5.41) is 3.51. The van der Waals surface area contributed by atoms with Gasteiger partial charge in [0.2, 0.25) is 0 Å².